The summed E-state index contributed by atoms with van der Waals surface area (Å²) in [6.07, 6.45) is 9.29. The Labute approximate surface area is 197 Å². The monoisotopic (exact) mass is 440 g/mol. The van der Waals surface area contributed by atoms with Gasteiger partial charge in [-0.25, -0.2) is 0 Å². The smallest absolute Gasteiger partial charge is 0.127 e. The van der Waals surface area contributed by atoms with Gasteiger partial charge in [-0.3, -0.25) is 0 Å². The second-order valence-corrected chi connectivity index (χ2v) is 13.4. The largest absolute Gasteiger partial charge is 0.303 e. The van der Waals surface area contributed by atoms with Crippen LogP contribution in [0.2, 0.25) is 0 Å². The van der Waals surface area contributed by atoms with Gasteiger partial charge >= 0.3 is 0 Å². The topological polar surface area (TPSA) is 34.1 Å². The average molecular weight is 441 g/mol. The zero-order chi connectivity index (χ0) is 24.3. The van der Waals surface area contributed by atoms with Gasteiger partial charge in [0.1, 0.15) is 12.6 Å². The van der Waals surface area contributed by atoms with Crippen molar-refractivity contribution in [1.82, 2.24) is 0 Å². The molecule has 2 nitrogen and oxygen atoms in total. The lowest BCUT2D eigenvalue weighted by Crippen LogP contribution is -2.29. The Morgan fingerprint density at radius 2 is 0.906 bits per heavy atom. The second kappa shape index (κ2) is 8.24. The van der Waals surface area contributed by atoms with E-state index in [9.17, 15) is 9.59 Å². The molecule has 4 atom stereocenters. The van der Waals surface area contributed by atoms with Crippen LogP contribution in [0.25, 0.3) is 0 Å². The van der Waals surface area contributed by atoms with E-state index < -0.39 is 0 Å². The first kappa shape index (κ1) is 25.4. The van der Waals surface area contributed by atoms with Gasteiger partial charge in [-0.1, -0.05) is 91.5 Å². The first-order valence-corrected chi connectivity index (χ1v) is 13.0. The van der Waals surface area contributed by atoms with Crippen LogP contribution in [-0.2, 0) is 9.59 Å². The molecule has 32 heavy (non-hydrogen) atoms. The number of aldehydes is 2. The average Bonchev–Trinajstić information content (AvgIpc) is 2.99. The molecular formula is C30H48O2. The highest BCUT2D eigenvalue weighted by Gasteiger charge is 2.53. The molecule has 0 aromatic carbocycles. The maximum atomic E-state index is 11.3. The third-order valence-electron chi connectivity index (χ3n) is 10.9. The maximum absolute atomic E-state index is 11.3. The first-order chi connectivity index (χ1) is 14.7. The summed E-state index contributed by atoms with van der Waals surface area (Å²) in [5, 5.41) is 0. The molecule has 0 saturated heterocycles. The van der Waals surface area contributed by atoms with Gasteiger partial charge in [-0.15, -0.1) is 0 Å². The highest BCUT2D eigenvalue weighted by atomic mass is 16.1. The van der Waals surface area contributed by atoms with E-state index in [4.69, 9.17) is 0 Å². The van der Waals surface area contributed by atoms with Crippen molar-refractivity contribution >= 4 is 12.6 Å². The quantitative estimate of drug-likeness (QED) is 0.322. The summed E-state index contributed by atoms with van der Waals surface area (Å²) in [5.41, 5.74) is 7.09. The molecule has 0 aliphatic heterocycles. The van der Waals surface area contributed by atoms with Gasteiger partial charge in [0.2, 0.25) is 0 Å². The Balaban J connectivity index is 0.000000181. The Kier molecular flexibility index (Phi) is 6.55. The van der Waals surface area contributed by atoms with Gasteiger partial charge in [-0.2, -0.15) is 0 Å². The molecule has 2 heteroatoms. The van der Waals surface area contributed by atoms with Crippen LogP contribution < -0.4 is 0 Å². The lowest BCUT2D eigenvalue weighted by Gasteiger charge is -2.35. The summed E-state index contributed by atoms with van der Waals surface area (Å²) in [5.74, 6) is 1.65. The predicted octanol–water partition coefficient (Wildman–Crippen LogP) is 7.97. The van der Waals surface area contributed by atoms with Crippen molar-refractivity contribution in [2.24, 2.45) is 45.3 Å². The lowest BCUT2D eigenvalue weighted by molar-refractivity contribution is -0.111. The molecule has 0 saturated carbocycles. The van der Waals surface area contributed by atoms with Crippen LogP contribution in [0.1, 0.15) is 108 Å². The molecule has 0 radical (unpaired) electrons. The van der Waals surface area contributed by atoms with Crippen LogP contribution in [0.5, 0.6) is 0 Å². The number of allylic oxidation sites excluding steroid dienone is 4. The van der Waals surface area contributed by atoms with Crippen molar-refractivity contribution in [3.05, 3.63) is 22.3 Å². The van der Waals surface area contributed by atoms with Crippen LogP contribution in [0.4, 0.5) is 0 Å². The van der Waals surface area contributed by atoms with E-state index in [0.29, 0.717) is 11.8 Å². The van der Waals surface area contributed by atoms with E-state index in [2.05, 4.69) is 69.2 Å². The fraction of sp³-hybridized carbons (Fsp3) is 0.800. The summed E-state index contributed by atoms with van der Waals surface area (Å²) in [7, 11) is 0. The lowest BCUT2D eigenvalue weighted by atomic mass is 9.69. The Bertz CT molecular complexity index is 763. The predicted molar refractivity (Wildman–Crippen MR) is 134 cm³/mol. The molecule has 0 amide bonds. The van der Waals surface area contributed by atoms with Gasteiger partial charge < -0.3 is 9.59 Å². The number of hydrogen-bond acceptors (Lipinski definition) is 2. The Morgan fingerprint density at radius 1 is 0.594 bits per heavy atom. The fourth-order valence-corrected chi connectivity index (χ4v) is 8.14. The normalized spacial score (nSPS) is 36.1. The first-order valence-electron chi connectivity index (χ1n) is 13.0. The standard InChI is InChI=1S/2C15H24O/c2*1-10-14(2,3)12-8-6-7-11(9-16)13(12)15(10,4)5/h2*9-11H,6-8H2,1-5H3/t2*10?,11-/m10/s1. The summed E-state index contributed by atoms with van der Waals surface area (Å²) in [6.45, 7) is 23.4. The van der Waals surface area contributed by atoms with Gasteiger partial charge in [0.25, 0.3) is 0 Å². The van der Waals surface area contributed by atoms with Gasteiger partial charge in [0.05, 0.1) is 0 Å². The van der Waals surface area contributed by atoms with E-state index in [1.54, 1.807) is 11.1 Å². The Morgan fingerprint density at radius 3 is 1.19 bits per heavy atom. The zero-order valence-electron chi connectivity index (χ0n) is 22.5. The van der Waals surface area contributed by atoms with Crippen molar-refractivity contribution in [2.45, 2.75) is 108 Å². The highest BCUT2D eigenvalue weighted by molar-refractivity contribution is 5.63. The third-order valence-corrected chi connectivity index (χ3v) is 10.9. The molecule has 4 aliphatic carbocycles. The van der Waals surface area contributed by atoms with E-state index in [1.165, 1.54) is 49.4 Å². The molecule has 2 unspecified atom stereocenters. The summed E-state index contributed by atoms with van der Waals surface area (Å²) < 4.78 is 0. The number of hydrogen-bond donors (Lipinski definition) is 0. The van der Waals surface area contributed by atoms with Crippen LogP contribution in [-0.4, -0.2) is 12.6 Å². The summed E-state index contributed by atoms with van der Waals surface area (Å²) >= 11 is 0. The van der Waals surface area contributed by atoms with Gasteiger partial charge in [-0.05, 0) is 72.0 Å². The minimum absolute atomic E-state index is 0.197. The minimum atomic E-state index is 0.197. The van der Waals surface area contributed by atoms with E-state index in [1.807, 2.05) is 0 Å². The van der Waals surface area contributed by atoms with Crippen LogP contribution >= 0.6 is 0 Å². The fourth-order valence-electron chi connectivity index (χ4n) is 8.14. The van der Waals surface area contributed by atoms with Crippen molar-refractivity contribution < 1.29 is 9.59 Å². The number of carbonyl (C=O) groups excluding carboxylic acids is 2. The van der Waals surface area contributed by atoms with Crippen molar-refractivity contribution in [1.29, 1.82) is 0 Å². The molecule has 4 rings (SSSR count). The SMILES string of the molecule is CC1C(C)(C)C2=C([C@@H](C=O)CCC2)C1(C)C.CC1C(C)(C)C2=C([C@H](C=O)CCC2)C1(C)C. The van der Waals surface area contributed by atoms with E-state index in [0.717, 1.165) is 12.8 Å². The molecular weight excluding hydrogens is 392 g/mol. The molecule has 0 aromatic heterocycles. The maximum Gasteiger partial charge on any atom is 0.127 e. The second-order valence-electron chi connectivity index (χ2n) is 13.4. The van der Waals surface area contributed by atoms with Crippen molar-refractivity contribution in [3.8, 4) is 0 Å². The zero-order valence-corrected chi connectivity index (χ0v) is 22.5. The summed E-state index contributed by atoms with van der Waals surface area (Å²) in [6, 6.07) is 0. The highest BCUT2D eigenvalue weighted by Crippen LogP contribution is 2.63. The van der Waals surface area contributed by atoms with Crippen molar-refractivity contribution in [2.75, 3.05) is 0 Å². The molecule has 4 aliphatic rings. The Hall–Kier alpha value is -1.18. The molecule has 0 bridgehead atoms. The van der Waals surface area contributed by atoms with Gasteiger partial charge in [0, 0.05) is 11.8 Å². The van der Waals surface area contributed by atoms with Crippen molar-refractivity contribution in [3.63, 3.8) is 0 Å². The molecule has 180 valence electrons. The van der Waals surface area contributed by atoms with Crippen LogP contribution in [0.3, 0.4) is 0 Å². The molecule has 0 fully saturated rings. The molecule has 0 spiro atoms. The number of carbonyl (C=O) groups is 2. The van der Waals surface area contributed by atoms with Gasteiger partial charge in [0.15, 0.2) is 0 Å². The van der Waals surface area contributed by atoms with E-state index in [-0.39, 0.29) is 33.5 Å². The molecule has 0 heterocycles. The third kappa shape index (κ3) is 3.59. The number of rotatable bonds is 2. The summed E-state index contributed by atoms with van der Waals surface area (Å²) in [4.78, 5) is 22.5. The minimum Gasteiger partial charge on any atom is -0.303 e. The molecule has 0 aromatic rings. The van der Waals surface area contributed by atoms with Crippen LogP contribution in [0.15, 0.2) is 22.3 Å². The van der Waals surface area contributed by atoms with E-state index >= 15 is 0 Å². The molecule has 0 N–H and O–H groups in total. The van der Waals surface area contributed by atoms with Crippen LogP contribution in [0, 0.1) is 45.3 Å².